The zero-order valence-electron chi connectivity index (χ0n) is 17.7. The van der Waals surface area contributed by atoms with Crippen LogP contribution in [0.2, 0.25) is 5.02 Å². The molecule has 4 N–H and O–H groups in total. The number of aliphatic hydroxyl groups excluding tert-OH is 4. The molecule has 172 valence electrons. The van der Waals surface area contributed by atoms with E-state index in [4.69, 9.17) is 21.1 Å². The molecule has 0 spiro atoms. The van der Waals surface area contributed by atoms with E-state index in [9.17, 15) is 20.4 Å². The molecule has 0 amide bonds. The first-order chi connectivity index (χ1) is 15.4. The van der Waals surface area contributed by atoms with E-state index >= 15 is 0 Å². The SMILES string of the molecule is OCC1OC(c2ccc(Cl)c(Cc3ccc(OC4CC5CC5C4)cc3)c2)C(O)C(O)C1O. The number of aliphatic hydroxyl groups is 4. The number of benzene rings is 2. The van der Waals surface area contributed by atoms with Crippen molar-refractivity contribution in [3.05, 3.63) is 64.2 Å². The maximum atomic E-state index is 10.4. The minimum absolute atomic E-state index is 0.342. The predicted molar refractivity (Wildman–Crippen MR) is 119 cm³/mol. The van der Waals surface area contributed by atoms with E-state index in [2.05, 4.69) is 0 Å². The molecule has 2 saturated carbocycles. The van der Waals surface area contributed by atoms with Crippen molar-refractivity contribution in [2.24, 2.45) is 11.8 Å². The van der Waals surface area contributed by atoms with Crippen molar-refractivity contribution >= 4 is 11.6 Å². The van der Waals surface area contributed by atoms with E-state index in [0.717, 1.165) is 28.7 Å². The second-order valence-electron chi connectivity index (χ2n) is 9.39. The zero-order chi connectivity index (χ0) is 22.4. The van der Waals surface area contributed by atoms with Gasteiger partial charge in [-0.25, -0.2) is 0 Å². The Balaban J connectivity index is 1.28. The summed E-state index contributed by atoms with van der Waals surface area (Å²) in [4.78, 5) is 0. The summed E-state index contributed by atoms with van der Waals surface area (Å²) < 4.78 is 11.8. The van der Waals surface area contributed by atoms with Crippen LogP contribution in [0.15, 0.2) is 42.5 Å². The van der Waals surface area contributed by atoms with Crippen LogP contribution < -0.4 is 4.74 Å². The average Bonchev–Trinajstić information content (AvgIpc) is 3.41. The molecule has 1 saturated heterocycles. The lowest BCUT2D eigenvalue weighted by atomic mass is 9.90. The highest BCUT2D eigenvalue weighted by atomic mass is 35.5. The van der Waals surface area contributed by atoms with Gasteiger partial charge in [0, 0.05) is 5.02 Å². The molecule has 1 aliphatic heterocycles. The highest BCUT2D eigenvalue weighted by Crippen LogP contribution is 2.52. The number of fused-ring (bicyclic) bond motifs is 1. The maximum Gasteiger partial charge on any atom is 0.119 e. The lowest BCUT2D eigenvalue weighted by Crippen LogP contribution is -2.55. The summed E-state index contributed by atoms with van der Waals surface area (Å²) >= 11 is 6.43. The monoisotopic (exact) mass is 460 g/mol. The van der Waals surface area contributed by atoms with Crippen LogP contribution in [0.4, 0.5) is 0 Å². The molecule has 3 fully saturated rings. The van der Waals surface area contributed by atoms with Crippen molar-refractivity contribution in [3.8, 4) is 5.75 Å². The molecule has 2 aliphatic carbocycles. The molecule has 6 nitrogen and oxygen atoms in total. The number of rotatable bonds is 6. The fraction of sp³-hybridized carbons (Fsp3) is 0.520. The fourth-order valence-electron chi connectivity index (χ4n) is 5.14. The van der Waals surface area contributed by atoms with Crippen LogP contribution in [0.3, 0.4) is 0 Å². The van der Waals surface area contributed by atoms with Gasteiger partial charge in [0.2, 0.25) is 0 Å². The van der Waals surface area contributed by atoms with E-state index < -0.39 is 37.1 Å². The van der Waals surface area contributed by atoms with Crippen LogP contribution >= 0.6 is 11.6 Å². The van der Waals surface area contributed by atoms with Crippen molar-refractivity contribution in [1.82, 2.24) is 0 Å². The molecule has 7 atom stereocenters. The zero-order valence-corrected chi connectivity index (χ0v) is 18.4. The Morgan fingerprint density at radius 1 is 0.906 bits per heavy atom. The number of halogens is 1. The number of hydrogen-bond donors (Lipinski definition) is 4. The van der Waals surface area contributed by atoms with E-state index in [0.29, 0.717) is 23.1 Å². The molecule has 32 heavy (non-hydrogen) atoms. The van der Waals surface area contributed by atoms with Crippen LogP contribution in [-0.4, -0.2) is 57.6 Å². The first-order valence-electron chi connectivity index (χ1n) is 11.3. The minimum Gasteiger partial charge on any atom is -0.490 e. The van der Waals surface area contributed by atoms with Crippen LogP contribution in [0.5, 0.6) is 5.75 Å². The molecule has 2 aromatic carbocycles. The highest BCUT2D eigenvalue weighted by Gasteiger charge is 2.47. The second-order valence-corrected chi connectivity index (χ2v) is 9.80. The average molecular weight is 461 g/mol. The third kappa shape index (κ3) is 4.40. The van der Waals surface area contributed by atoms with Gasteiger partial charge in [0.25, 0.3) is 0 Å². The van der Waals surface area contributed by atoms with Gasteiger partial charge in [-0.2, -0.15) is 0 Å². The van der Waals surface area contributed by atoms with Crippen molar-refractivity contribution in [2.45, 2.75) is 62.3 Å². The Morgan fingerprint density at radius 2 is 1.62 bits per heavy atom. The topological polar surface area (TPSA) is 99.4 Å². The molecule has 0 bridgehead atoms. The van der Waals surface area contributed by atoms with Gasteiger partial charge in [0.15, 0.2) is 0 Å². The van der Waals surface area contributed by atoms with Crippen LogP contribution in [0, 0.1) is 11.8 Å². The largest absolute Gasteiger partial charge is 0.490 e. The van der Waals surface area contributed by atoms with Gasteiger partial charge in [-0.05, 0) is 72.4 Å². The third-order valence-electron chi connectivity index (χ3n) is 7.11. The third-order valence-corrected chi connectivity index (χ3v) is 7.48. The van der Waals surface area contributed by atoms with Crippen LogP contribution in [0.1, 0.15) is 42.1 Å². The van der Waals surface area contributed by atoms with Gasteiger partial charge >= 0.3 is 0 Å². The van der Waals surface area contributed by atoms with Crippen molar-refractivity contribution in [2.75, 3.05) is 6.61 Å². The first kappa shape index (κ1) is 22.1. The van der Waals surface area contributed by atoms with E-state index in [1.165, 1.54) is 19.3 Å². The molecule has 1 heterocycles. The van der Waals surface area contributed by atoms with E-state index in [-0.39, 0.29) is 0 Å². The van der Waals surface area contributed by atoms with Crippen LogP contribution in [0.25, 0.3) is 0 Å². The Hall–Kier alpha value is -1.67. The Morgan fingerprint density at radius 3 is 2.31 bits per heavy atom. The molecule has 5 rings (SSSR count). The standard InChI is InChI=1S/C25H29ClO6/c26-20-6-3-14(25-24(30)23(29)22(28)21(12-27)32-25)8-17(20)7-13-1-4-18(5-2-13)31-19-10-15-9-16(15)11-19/h1-6,8,15-16,19,21-25,27-30H,7,9-12H2. The van der Waals surface area contributed by atoms with Crippen molar-refractivity contribution in [3.63, 3.8) is 0 Å². The Labute approximate surface area is 192 Å². The molecule has 2 aromatic rings. The van der Waals surface area contributed by atoms with Gasteiger partial charge in [-0.3, -0.25) is 0 Å². The van der Waals surface area contributed by atoms with Gasteiger partial charge in [0.05, 0.1) is 12.7 Å². The summed E-state index contributed by atoms with van der Waals surface area (Å²) in [6, 6.07) is 13.3. The van der Waals surface area contributed by atoms with Gasteiger partial charge in [-0.1, -0.05) is 35.9 Å². The lowest BCUT2D eigenvalue weighted by Gasteiger charge is -2.40. The summed E-state index contributed by atoms with van der Waals surface area (Å²) in [5, 5.41) is 40.6. The molecular formula is C25H29ClO6. The highest BCUT2D eigenvalue weighted by molar-refractivity contribution is 6.31. The summed E-state index contributed by atoms with van der Waals surface area (Å²) in [6.45, 7) is -0.460. The Bertz CT molecular complexity index is 938. The van der Waals surface area contributed by atoms with Crippen molar-refractivity contribution < 1.29 is 29.9 Å². The smallest absolute Gasteiger partial charge is 0.119 e. The lowest BCUT2D eigenvalue weighted by molar-refractivity contribution is -0.231. The van der Waals surface area contributed by atoms with Gasteiger partial charge in [-0.15, -0.1) is 0 Å². The van der Waals surface area contributed by atoms with Crippen molar-refractivity contribution in [1.29, 1.82) is 0 Å². The first-order valence-corrected chi connectivity index (χ1v) is 11.6. The second kappa shape index (κ2) is 8.93. The minimum atomic E-state index is -1.41. The Kier molecular flexibility index (Phi) is 6.18. The number of ether oxygens (including phenoxy) is 2. The molecule has 0 radical (unpaired) electrons. The molecule has 3 aliphatic rings. The summed E-state index contributed by atoms with van der Waals surface area (Å²) in [5.74, 6) is 2.66. The molecule has 0 aromatic heterocycles. The van der Waals surface area contributed by atoms with Gasteiger partial charge in [0.1, 0.15) is 36.3 Å². The molecule has 7 heteroatoms. The van der Waals surface area contributed by atoms with Gasteiger partial charge < -0.3 is 29.9 Å². The normalized spacial score (nSPS) is 36.0. The maximum absolute atomic E-state index is 10.4. The summed E-state index contributed by atoms with van der Waals surface area (Å²) in [5.41, 5.74) is 2.55. The summed E-state index contributed by atoms with van der Waals surface area (Å²) in [6.07, 6.45) is -1.30. The van der Waals surface area contributed by atoms with E-state index in [1.54, 1.807) is 12.1 Å². The molecular weight excluding hydrogens is 432 g/mol. The quantitative estimate of drug-likeness (QED) is 0.529. The number of hydrogen-bond acceptors (Lipinski definition) is 6. The summed E-state index contributed by atoms with van der Waals surface area (Å²) in [7, 11) is 0. The van der Waals surface area contributed by atoms with E-state index in [1.807, 2.05) is 30.3 Å². The fourth-order valence-corrected chi connectivity index (χ4v) is 5.32. The molecule has 7 unspecified atom stereocenters. The van der Waals surface area contributed by atoms with Crippen LogP contribution in [-0.2, 0) is 11.2 Å². The predicted octanol–water partition coefficient (Wildman–Crippen LogP) is 2.62.